The van der Waals surface area contributed by atoms with E-state index in [0.717, 1.165) is 11.9 Å². The maximum atomic E-state index is 13.0. The van der Waals surface area contributed by atoms with Crippen molar-refractivity contribution in [2.75, 3.05) is 0 Å². The lowest BCUT2D eigenvalue weighted by molar-refractivity contribution is 0.112. The van der Waals surface area contributed by atoms with E-state index in [0.29, 0.717) is 17.7 Å². The van der Waals surface area contributed by atoms with Gasteiger partial charge < -0.3 is 0 Å². The van der Waals surface area contributed by atoms with Gasteiger partial charge in [-0.15, -0.1) is 0 Å². The minimum atomic E-state index is -0.269. The Morgan fingerprint density at radius 2 is 2.28 bits per heavy atom. The summed E-state index contributed by atoms with van der Waals surface area (Å²) in [5, 5.41) is 0. The molecule has 0 amide bonds. The summed E-state index contributed by atoms with van der Waals surface area (Å²) in [6, 6.07) is 3.41. The van der Waals surface area contributed by atoms with Crippen molar-refractivity contribution < 1.29 is 9.18 Å². The standard InChI is InChI=1S/C15H16FNO/c1-3-4-6-13(9-12(2)16)10-15-14(11-18)7-5-8-17-15/h3-9,11H,10H2,1-2H3/b4-3-,12-9+,13-6+. The first-order valence-electron chi connectivity index (χ1n) is 5.72. The highest BCUT2D eigenvalue weighted by Crippen LogP contribution is 2.13. The van der Waals surface area contributed by atoms with Crippen molar-refractivity contribution in [1.29, 1.82) is 0 Å². The van der Waals surface area contributed by atoms with Gasteiger partial charge in [0.25, 0.3) is 0 Å². The molecular formula is C15H16FNO. The van der Waals surface area contributed by atoms with Gasteiger partial charge in [-0.05, 0) is 37.6 Å². The number of aldehydes is 1. The molecule has 0 radical (unpaired) electrons. The number of halogens is 1. The molecule has 2 nitrogen and oxygen atoms in total. The molecule has 0 aliphatic rings. The normalized spacial score (nSPS) is 13.1. The van der Waals surface area contributed by atoms with E-state index >= 15 is 0 Å². The van der Waals surface area contributed by atoms with Crippen LogP contribution in [-0.2, 0) is 6.42 Å². The molecule has 0 aliphatic heterocycles. The molecule has 0 saturated heterocycles. The summed E-state index contributed by atoms with van der Waals surface area (Å²) < 4.78 is 13.0. The summed E-state index contributed by atoms with van der Waals surface area (Å²) in [6.07, 6.45) is 9.78. The Balaban J connectivity index is 3.03. The number of carbonyl (C=O) groups excluding carboxylic acids is 1. The molecular weight excluding hydrogens is 229 g/mol. The maximum absolute atomic E-state index is 13.0. The number of hydrogen-bond donors (Lipinski definition) is 0. The Bertz CT molecular complexity index is 497. The zero-order valence-corrected chi connectivity index (χ0v) is 10.6. The minimum Gasteiger partial charge on any atom is -0.298 e. The maximum Gasteiger partial charge on any atom is 0.151 e. The van der Waals surface area contributed by atoms with Crippen LogP contribution in [0, 0.1) is 0 Å². The predicted molar refractivity (Wildman–Crippen MR) is 71.1 cm³/mol. The van der Waals surface area contributed by atoms with Crippen LogP contribution in [0.4, 0.5) is 4.39 Å². The molecule has 1 aromatic heterocycles. The van der Waals surface area contributed by atoms with Crippen LogP contribution in [0.1, 0.15) is 29.9 Å². The van der Waals surface area contributed by atoms with Gasteiger partial charge in [-0.3, -0.25) is 9.78 Å². The first-order chi connectivity index (χ1) is 8.67. The van der Waals surface area contributed by atoms with Crippen molar-refractivity contribution in [3.05, 3.63) is 65.3 Å². The fourth-order valence-electron chi connectivity index (χ4n) is 1.53. The third kappa shape index (κ3) is 4.45. The molecule has 0 aliphatic carbocycles. The van der Waals surface area contributed by atoms with Crippen LogP contribution < -0.4 is 0 Å². The predicted octanol–water partition coefficient (Wildman–Crippen LogP) is 3.81. The van der Waals surface area contributed by atoms with Gasteiger partial charge in [-0.25, -0.2) is 4.39 Å². The number of nitrogens with zero attached hydrogens (tertiary/aromatic N) is 1. The monoisotopic (exact) mass is 245 g/mol. The van der Waals surface area contributed by atoms with E-state index in [-0.39, 0.29) is 5.83 Å². The first kappa shape index (κ1) is 14.0. The number of pyridine rings is 1. The molecule has 0 spiro atoms. The van der Waals surface area contributed by atoms with E-state index in [4.69, 9.17) is 0 Å². The Kier molecular flexibility index (Phi) is 5.71. The van der Waals surface area contributed by atoms with Crippen molar-refractivity contribution >= 4 is 6.29 Å². The molecule has 0 saturated carbocycles. The van der Waals surface area contributed by atoms with E-state index in [1.807, 2.05) is 25.2 Å². The fourth-order valence-corrected chi connectivity index (χ4v) is 1.53. The molecule has 0 bridgehead atoms. The Morgan fingerprint density at radius 3 is 2.89 bits per heavy atom. The van der Waals surface area contributed by atoms with Crippen molar-refractivity contribution in [2.45, 2.75) is 20.3 Å². The van der Waals surface area contributed by atoms with Gasteiger partial charge in [0, 0.05) is 18.2 Å². The molecule has 0 aromatic carbocycles. The largest absolute Gasteiger partial charge is 0.298 e. The summed E-state index contributed by atoms with van der Waals surface area (Å²) in [6.45, 7) is 3.28. The van der Waals surface area contributed by atoms with E-state index in [2.05, 4.69) is 4.98 Å². The molecule has 1 aromatic rings. The van der Waals surface area contributed by atoms with Crippen LogP contribution in [0.5, 0.6) is 0 Å². The van der Waals surface area contributed by atoms with Gasteiger partial charge >= 0.3 is 0 Å². The lowest BCUT2D eigenvalue weighted by Crippen LogP contribution is -1.98. The highest BCUT2D eigenvalue weighted by Gasteiger charge is 2.04. The molecule has 0 atom stereocenters. The van der Waals surface area contributed by atoms with Gasteiger partial charge in [0.15, 0.2) is 6.29 Å². The summed E-state index contributed by atoms with van der Waals surface area (Å²) in [7, 11) is 0. The van der Waals surface area contributed by atoms with Gasteiger partial charge in [0.1, 0.15) is 0 Å². The second-order valence-electron chi connectivity index (χ2n) is 3.83. The van der Waals surface area contributed by atoms with E-state index in [1.54, 1.807) is 18.3 Å². The lowest BCUT2D eigenvalue weighted by atomic mass is 10.0. The van der Waals surface area contributed by atoms with Crippen LogP contribution in [0.3, 0.4) is 0 Å². The average Bonchev–Trinajstić information content (AvgIpc) is 2.36. The third-order valence-corrected chi connectivity index (χ3v) is 2.31. The third-order valence-electron chi connectivity index (χ3n) is 2.31. The second kappa shape index (κ2) is 7.33. The zero-order chi connectivity index (χ0) is 13.4. The molecule has 94 valence electrons. The molecule has 1 heterocycles. The molecule has 0 fully saturated rings. The van der Waals surface area contributed by atoms with Crippen LogP contribution in [-0.4, -0.2) is 11.3 Å². The van der Waals surface area contributed by atoms with Crippen LogP contribution >= 0.6 is 0 Å². The molecule has 18 heavy (non-hydrogen) atoms. The van der Waals surface area contributed by atoms with E-state index < -0.39 is 0 Å². The highest BCUT2D eigenvalue weighted by molar-refractivity contribution is 5.76. The molecule has 3 heteroatoms. The van der Waals surface area contributed by atoms with Crippen LogP contribution in [0.25, 0.3) is 0 Å². The SMILES string of the molecule is C\C=C/C=C(\C=C(/C)F)Cc1ncccc1C=O. The summed E-state index contributed by atoms with van der Waals surface area (Å²) in [5.41, 5.74) is 1.96. The minimum absolute atomic E-state index is 0.269. The number of rotatable bonds is 5. The van der Waals surface area contributed by atoms with Crippen molar-refractivity contribution in [1.82, 2.24) is 4.98 Å². The number of aromatic nitrogens is 1. The number of carbonyl (C=O) groups is 1. The zero-order valence-electron chi connectivity index (χ0n) is 10.6. The van der Waals surface area contributed by atoms with Crippen molar-refractivity contribution in [2.24, 2.45) is 0 Å². The van der Waals surface area contributed by atoms with E-state index in [9.17, 15) is 9.18 Å². The van der Waals surface area contributed by atoms with Gasteiger partial charge in [0.05, 0.1) is 11.5 Å². The fraction of sp³-hybridized carbons (Fsp3) is 0.200. The molecule has 1 rings (SSSR count). The van der Waals surface area contributed by atoms with Crippen LogP contribution in [0.15, 0.2) is 54.0 Å². The number of hydrogen-bond acceptors (Lipinski definition) is 2. The van der Waals surface area contributed by atoms with E-state index in [1.165, 1.54) is 13.0 Å². The molecule has 0 N–H and O–H groups in total. The average molecular weight is 245 g/mol. The van der Waals surface area contributed by atoms with Gasteiger partial charge in [-0.2, -0.15) is 0 Å². The topological polar surface area (TPSA) is 30.0 Å². The quantitative estimate of drug-likeness (QED) is 0.583. The summed E-state index contributed by atoms with van der Waals surface area (Å²) >= 11 is 0. The number of allylic oxidation sites excluding steroid dienone is 6. The highest BCUT2D eigenvalue weighted by atomic mass is 19.1. The summed E-state index contributed by atoms with van der Waals surface area (Å²) in [5.74, 6) is -0.269. The Labute approximate surface area is 107 Å². The summed E-state index contributed by atoms with van der Waals surface area (Å²) in [4.78, 5) is 15.0. The van der Waals surface area contributed by atoms with Crippen molar-refractivity contribution in [3.63, 3.8) is 0 Å². The molecule has 0 unspecified atom stereocenters. The Hall–Kier alpha value is -2.03. The smallest absolute Gasteiger partial charge is 0.151 e. The van der Waals surface area contributed by atoms with Crippen LogP contribution in [0.2, 0.25) is 0 Å². The Morgan fingerprint density at radius 1 is 1.50 bits per heavy atom. The van der Waals surface area contributed by atoms with Gasteiger partial charge in [-0.1, -0.05) is 18.2 Å². The second-order valence-corrected chi connectivity index (χ2v) is 3.83. The first-order valence-corrected chi connectivity index (χ1v) is 5.72. The lowest BCUT2D eigenvalue weighted by Gasteiger charge is -2.04. The van der Waals surface area contributed by atoms with Gasteiger partial charge in [0.2, 0.25) is 0 Å². The van der Waals surface area contributed by atoms with Crippen molar-refractivity contribution in [3.8, 4) is 0 Å².